The fraction of sp³-hybridized carbons (Fsp3) is 0.500. The van der Waals surface area contributed by atoms with Gasteiger partial charge in [-0.3, -0.25) is 9.59 Å². The molecule has 2 aromatic rings. The number of anilines is 1. The Labute approximate surface area is 171 Å². The van der Waals surface area contributed by atoms with Gasteiger partial charge in [0, 0.05) is 58.0 Å². The Kier molecular flexibility index (Phi) is 5.06. The molecule has 0 saturated carbocycles. The van der Waals surface area contributed by atoms with Crippen LogP contribution in [0.3, 0.4) is 0 Å². The summed E-state index contributed by atoms with van der Waals surface area (Å²) in [6.07, 6.45) is 4.46. The van der Waals surface area contributed by atoms with E-state index in [1.807, 2.05) is 60.0 Å². The summed E-state index contributed by atoms with van der Waals surface area (Å²) in [4.78, 5) is 39.8. The standard InChI is InChI=1S/C22H29N5O2/c1-4-19(28)27-12-9-17-20(24-15-23-17)22(27)10-13-26(14-11-22)21(29)16-7-5-6-8-18(16)25(2)3/h5-8,15H,4,9-14H2,1-3H3,(H,23,24). The first-order chi connectivity index (χ1) is 14.0. The summed E-state index contributed by atoms with van der Waals surface area (Å²) >= 11 is 0. The third kappa shape index (κ3) is 3.18. The lowest BCUT2D eigenvalue weighted by atomic mass is 9.78. The topological polar surface area (TPSA) is 72.5 Å². The number of nitrogens with zero attached hydrogens (tertiary/aromatic N) is 4. The van der Waals surface area contributed by atoms with Crippen molar-refractivity contribution in [2.45, 2.75) is 38.1 Å². The minimum Gasteiger partial charge on any atom is -0.377 e. The fourth-order valence-corrected chi connectivity index (χ4v) is 4.83. The lowest BCUT2D eigenvalue weighted by Crippen LogP contribution is -2.58. The van der Waals surface area contributed by atoms with Crippen LogP contribution in [0, 0.1) is 0 Å². The van der Waals surface area contributed by atoms with E-state index < -0.39 is 5.54 Å². The summed E-state index contributed by atoms with van der Waals surface area (Å²) in [5, 5.41) is 0. The third-order valence-corrected chi connectivity index (χ3v) is 6.36. The number of hydrogen-bond donors (Lipinski definition) is 1. The Bertz CT molecular complexity index is 911. The van der Waals surface area contributed by atoms with Crippen molar-refractivity contribution in [1.82, 2.24) is 19.8 Å². The predicted molar refractivity (Wildman–Crippen MR) is 112 cm³/mol. The van der Waals surface area contributed by atoms with Gasteiger partial charge in [-0.25, -0.2) is 4.98 Å². The van der Waals surface area contributed by atoms with Gasteiger partial charge in [0.05, 0.1) is 23.1 Å². The summed E-state index contributed by atoms with van der Waals surface area (Å²) in [5.74, 6) is 0.215. The van der Waals surface area contributed by atoms with Gasteiger partial charge in [0.1, 0.15) is 0 Å². The molecule has 1 N–H and O–H groups in total. The van der Waals surface area contributed by atoms with Crippen molar-refractivity contribution in [3.63, 3.8) is 0 Å². The molecule has 0 aliphatic carbocycles. The first-order valence-corrected chi connectivity index (χ1v) is 10.4. The van der Waals surface area contributed by atoms with Crippen LogP contribution in [0.4, 0.5) is 5.69 Å². The molecule has 4 rings (SSSR count). The van der Waals surface area contributed by atoms with Crippen LogP contribution in [0.25, 0.3) is 0 Å². The maximum Gasteiger partial charge on any atom is 0.255 e. The van der Waals surface area contributed by atoms with E-state index in [0.717, 1.165) is 29.1 Å². The second-order valence-electron chi connectivity index (χ2n) is 8.11. The average Bonchev–Trinajstić information content (AvgIpc) is 3.24. The number of carbonyl (C=O) groups excluding carboxylic acids is 2. The number of imidazole rings is 1. The molecule has 2 aliphatic rings. The smallest absolute Gasteiger partial charge is 0.255 e. The highest BCUT2D eigenvalue weighted by Crippen LogP contribution is 2.42. The summed E-state index contributed by atoms with van der Waals surface area (Å²) in [6, 6.07) is 7.72. The molecular formula is C22H29N5O2. The van der Waals surface area contributed by atoms with E-state index in [0.29, 0.717) is 38.9 Å². The zero-order chi connectivity index (χ0) is 20.6. The van der Waals surface area contributed by atoms with Crippen molar-refractivity contribution in [2.75, 3.05) is 38.6 Å². The number of para-hydroxylation sites is 1. The van der Waals surface area contributed by atoms with E-state index in [2.05, 4.69) is 9.97 Å². The number of benzene rings is 1. The van der Waals surface area contributed by atoms with Gasteiger partial charge < -0.3 is 19.7 Å². The van der Waals surface area contributed by atoms with Gasteiger partial charge in [-0.2, -0.15) is 0 Å². The van der Waals surface area contributed by atoms with Crippen molar-refractivity contribution in [3.8, 4) is 0 Å². The highest BCUT2D eigenvalue weighted by Gasteiger charge is 2.48. The average molecular weight is 396 g/mol. The minimum atomic E-state index is -0.404. The van der Waals surface area contributed by atoms with E-state index in [4.69, 9.17) is 0 Å². The maximum atomic E-state index is 13.3. The molecule has 0 atom stereocenters. The molecule has 2 amide bonds. The summed E-state index contributed by atoms with van der Waals surface area (Å²) in [5.41, 5.74) is 3.36. The molecule has 2 aliphatic heterocycles. The van der Waals surface area contributed by atoms with E-state index >= 15 is 0 Å². The van der Waals surface area contributed by atoms with Crippen LogP contribution in [-0.2, 0) is 16.8 Å². The third-order valence-electron chi connectivity index (χ3n) is 6.36. The molecule has 7 heteroatoms. The molecule has 0 radical (unpaired) electrons. The van der Waals surface area contributed by atoms with Crippen LogP contribution < -0.4 is 4.90 Å². The summed E-state index contributed by atoms with van der Waals surface area (Å²) < 4.78 is 0. The van der Waals surface area contributed by atoms with Gasteiger partial charge in [0.2, 0.25) is 5.91 Å². The Morgan fingerprint density at radius 2 is 1.90 bits per heavy atom. The molecule has 1 fully saturated rings. The predicted octanol–water partition coefficient (Wildman–Crippen LogP) is 2.40. The first kappa shape index (κ1) is 19.5. The van der Waals surface area contributed by atoms with Gasteiger partial charge in [0.25, 0.3) is 5.91 Å². The van der Waals surface area contributed by atoms with E-state index in [1.165, 1.54) is 0 Å². The number of piperidine rings is 1. The molecular weight excluding hydrogens is 366 g/mol. The Hall–Kier alpha value is -2.83. The number of amides is 2. The molecule has 7 nitrogen and oxygen atoms in total. The molecule has 0 unspecified atom stereocenters. The number of aromatic amines is 1. The largest absolute Gasteiger partial charge is 0.377 e. The number of likely N-dealkylation sites (tertiary alicyclic amines) is 1. The molecule has 1 aromatic carbocycles. The van der Waals surface area contributed by atoms with Crippen molar-refractivity contribution < 1.29 is 9.59 Å². The van der Waals surface area contributed by atoms with Crippen LogP contribution in [-0.4, -0.2) is 65.3 Å². The van der Waals surface area contributed by atoms with Crippen molar-refractivity contribution in [3.05, 3.63) is 47.5 Å². The normalized spacial score (nSPS) is 17.9. The van der Waals surface area contributed by atoms with Crippen LogP contribution in [0.5, 0.6) is 0 Å². The molecule has 3 heterocycles. The van der Waals surface area contributed by atoms with Crippen LogP contribution in [0.15, 0.2) is 30.6 Å². The zero-order valence-electron chi connectivity index (χ0n) is 17.4. The number of carbonyl (C=O) groups is 2. The van der Waals surface area contributed by atoms with Gasteiger partial charge >= 0.3 is 0 Å². The molecule has 0 bridgehead atoms. The highest BCUT2D eigenvalue weighted by atomic mass is 16.2. The first-order valence-electron chi connectivity index (χ1n) is 10.4. The number of aromatic nitrogens is 2. The lowest BCUT2D eigenvalue weighted by molar-refractivity contribution is -0.141. The van der Waals surface area contributed by atoms with Gasteiger partial charge in [-0.15, -0.1) is 0 Å². The minimum absolute atomic E-state index is 0.0515. The highest BCUT2D eigenvalue weighted by molar-refractivity contribution is 5.99. The number of hydrogen-bond acceptors (Lipinski definition) is 4. The number of fused-ring (bicyclic) bond motifs is 2. The van der Waals surface area contributed by atoms with Crippen LogP contribution >= 0.6 is 0 Å². The van der Waals surface area contributed by atoms with Crippen molar-refractivity contribution in [2.24, 2.45) is 0 Å². The Balaban J connectivity index is 1.60. The summed E-state index contributed by atoms with van der Waals surface area (Å²) in [7, 11) is 3.90. The Morgan fingerprint density at radius 1 is 1.17 bits per heavy atom. The SMILES string of the molecule is CCC(=O)N1CCc2[nH]cnc2C12CCN(C(=O)c1ccccc1N(C)C)CC2. The van der Waals surface area contributed by atoms with E-state index in [9.17, 15) is 9.59 Å². The molecule has 1 aromatic heterocycles. The van der Waals surface area contributed by atoms with Gasteiger partial charge in [0.15, 0.2) is 0 Å². The second kappa shape index (κ2) is 7.54. The van der Waals surface area contributed by atoms with Crippen molar-refractivity contribution >= 4 is 17.5 Å². The molecule has 154 valence electrons. The van der Waals surface area contributed by atoms with Crippen molar-refractivity contribution in [1.29, 1.82) is 0 Å². The second-order valence-corrected chi connectivity index (χ2v) is 8.11. The molecule has 1 saturated heterocycles. The molecule has 29 heavy (non-hydrogen) atoms. The number of H-pyrrole nitrogens is 1. The Morgan fingerprint density at radius 3 is 2.59 bits per heavy atom. The van der Waals surface area contributed by atoms with Crippen LogP contribution in [0.2, 0.25) is 0 Å². The number of nitrogens with one attached hydrogen (secondary N) is 1. The van der Waals surface area contributed by atoms with Crippen LogP contribution in [0.1, 0.15) is 47.9 Å². The summed E-state index contributed by atoms with van der Waals surface area (Å²) in [6.45, 7) is 3.84. The van der Waals surface area contributed by atoms with E-state index in [-0.39, 0.29) is 11.8 Å². The van der Waals surface area contributed by atoms with Gasteiger partial charge in [-0.1, -0.05) is 19.1 Å². The maximum absolute atomic E-state index is 13.3. The molecule has 1 spiro atoms. The fourth-order valence-electron chi connectivity index (χ4n) is 4.83. The monoisotopic (exact) mass is 395 g/mol. The quantitative estimate of drug-likeness (QED) is 0.866. The van der Waals surface area contributed by atoms with Gasteiger partial charge in [-0.05, 0) is 25.0 Å². The lowest BCUT2D eigenvalue weighted by Gasteiger charge is -2.50. The van der Waals surface area contributed by atoms with E-state index in [1.54, 1.807) is 6.33 Å². The zero-order valence-corrected chi connectivity index (χ0v) is 17.4. The number of rotatable bonds is 3.